The quantitative estimate of drug-likeness (QED) is 0.290. The van der Waals surface area contributed by atoms with Gasteiger partial charge in [-0.25, -0.2) is 22.7 Å². The van der Waals surface area contributed by atoms with E-state index < -0.39 is 33.6 Å². The van der Waals surface area contributed by atoms with Crippen molar-refractivity contribution >= 4 is 21.6 Å². The molecule has 2 atom stereocenters. The molecule has 2 heterocycles. The first-order valence-corrected chi connectivity index (χ1v) is 14.2. The highest BCUT2D eigenvalue weighted by atomic mass is 35.5. The molecule has 2 aromatic heterocycles. The highest BCUT2D eigenvalue weighted by Crippen LogP contribution is 2.39. The molecule has 0 aliphatic heterocycles. The number of hydrogen-bond donors (Lipinski definition) is 2. The number of ether oxygens (including phenoxy) is 1. The number of H-pyrrole nitrogens is 1. The molecule has 13 heteroatoms. The molecular formula is C26H27ClFN5O5S. The van der Waals surface area contributed by atoms with Crippen molar-refractivity contribution in [1.82, 2.24) is 24.7 Å². The summed E-state index contributed by atoms with van der Waals surface area (Å²) in [6.07, 6.45) is 6.99. The maximum atomic E-state index is 15.4. The van der Waals surface area contributed by atoms with Gasteiger partial charge in [-0.05, 0) is 61.1 Å². The fourth-order valence-corrected chi connectivity index (χ4v) is 6.48. The van der Waals surface area contributed by atoms with E-state index in [1.807, 2.05) is 10.9 Å². The summed E-state index contributed by atoms with van der Waals surface area (Å²) in [4.78, 5) is 11.6. The van der Waals surface area contributed by atoms with E-state index in [0.29, 0.717) is 11.6 Å². The van der Waals surface area contributed by atoms with Gasteiger partial charge in [-0.1, -0.05) is 24.6 Å². The van der Waals surface area contributed by atoms with Crippen molar-refractivity contribution in [3.8, 4) is 16.9 Å². The minimum atomic E-state index is -4.29. The summed E-state index contributed by atoms with van der Waals surface area (Å²) in [7, 11) is -2.97. The number of nitrogens with one attached hydrogen (secondary N) is 2. The zero-order valence-electron chi connectivity index (χ0n) is 21.4. The van der Waals surface area contributed by atoms with Gasteiger partial charge in [0.2, 0.25) is 15.9 Å². The Kier molecular flexibility index (Phi) is 7.36. The molecule has 0 spiro atoms. The van der Waals surface area contributed by atoms with Gasteiger partial charge in [0.25, 0.3) is 0 Å². The zero-order chi connectivity index (χ0) is 27.9. The first-order valence-electron chi connectivity index (χ1n) is 12.3. The highest BCUT2D eigenvalue weighted by Gasteiger charge is 2.35. The van der Waals surface area contributed by atoms with Gasteiger partial charge in [0.05, 0.1) is 19.3 Å². The Hall–Kier alpha value is -3.48. The molecule has 1 saturated carbocycles. The average Bonchev–Trinajstić information content (AvgIpc) is 3.50. The molecule has 0 bridgehead atoms. The number of hydrogen-bond acceptors (Lipinski definition) is 7. The molecule has 2 N–H and O–H groups in total. The lowest BCUT2D eigenvalue weighted by molar-refractivity contribution is 0.289. The van der Waals surface area contributed by atoms with Gasteiger partial charge in [-0.2, -0.15) is 9.82 Å². The van der Waals surface area contributed by atoms with E-state index in [9.17, 15) is 13.2 Å². The molecule has 10 nitrogen and oxygen atoms in total. The van der Waals surface area contributed by atoms with Gasteiger partial charge in [-0.3, -0.25) is 4.68 Å². The minimum Gasteiger partial charge on any atom is -0.495 e. The summed E-state index contributed by atoms with van der Waals surface area (Å²) in [6, 6.07) is 6.18. The second kappa shape index (κ2) is 10.6. The van der Waals surface area contributed by atoms with Crippen molar-refractivity contribution in [2.75, 3.05) is 7.11 Å². The number of rotatable bonds is 9. The Morgan fingerprint density at radius 3 is 2.69 bits per heavy atom. The van der Waals surface area contributed by atoms with Crippen LogP contribution < -0.4 is 15.2 Å². The normalized spacial score (nSPS) is 15.6. The van der Waals surface area contributed by atoms with Crippen molar-refractivity contribution in [2.24, 2.45) is 0 Å². The lowest BCUT2D eigenvalue weighted by Crippen LogP contribution is -2.33. The first kappa shape index (κ1) is 27.1. The van der Waals surface area contributed by atoms with Crippen LogP contribution in [0.4, 0.5) is 4.39 Å². The lowest BCUT2D eigenvalue weighted by Gasteiger charge is -2.26. The SMILES string of the molecule is COc1cc(Cl)ccc1S(=O)(=O)NC(c1n[nH]c(=O)o1)C(C)c1c(F)ccc(-c2cnn(C3CCC3)c2)c1C. The maximum absolute atomic E-state index is 15.4. The summed E-state index contributed by atoms with van der Waals surface area (Å²) < 4.78 is 57.3. The number of halogens is 2. The number of sulfonamides is 1. The Balaban J connectivity index is 1.56. The molecule has 0 amide bonds. The monoisotopic (exact) mass is 575 g/mol. The predicted molar refractivity (Wildman–Crippen MR) is 142 cm³/mol. The van der Waals surface area contributed by atoms with Gasteiger partial charge in [0, 0.05) is 28.8 Å². The number of aromatic nitrogens is 4. The molecule has 39 heavy (non-hydrogen) atoms. The van der Waals surface area contributed by atoms with Gasteiger partial charge in [0.15, 0.2) is 0 Å². The standard InChI is InChI=1S/C26H27ClFN5O5S/c1-14-19(16-12-29-33(13-16)18-5-4-6-18)8-9-20(28)23(14)15(2)24(25-30-31-26(34)38-25)32-39(35,36)22-10-7-17(27)11-21(22)37-3/h7-13,15,18,24,32H,4-6H2,1-3H3,(H,31,34). The number of aromatic amines is 1. The molecule has 0 radical (unpaired) electrons. The van der Waals surface area contributed by atoms with Crippen molar-refractivity contribution in [2.45, 2.75) is 56.0 Å². The molecule has 4 aromatic rings. The average molecular weight is 576 g/mol. The van der Waals surface area contributed by atoms with Crippen molar-refractivity contribution < 1.29 is 22.0 Å². The Labute approximate surface area is 229 Å². The summed E-state index contributed by atoms with van der Waals surface area (Å²) >= 11 is 6.00. The fraction of sp³-hybridized carbons (Fsp3) is 0.346. The largest absolute Gasteiger partial charge is 0.495 e. The second-order valence-corrected chi connectivity index (χ2v) is 11.7. The fourth-order valence-electron chi connectivity index (χ4n) is 4.90. The highest BCUT2D eigenvalue weighted by molar-refractivity contribution is 7.89. The van der Waals surface area contributed by atoms with Crippen LogP contribution in [0.25, 0.3) is 11.1 Å². The third-order valence-corrected chi connectivity index (χ3v) is 8.91. The van der Waals surface area contributed by atoms with Crippen molar-refractivity contribution in [3.05, 3.63) is 81.1 Å². The van der Waals surface area contributed by atoms with Crippen LogP contribution in [0.2, 0.25) is 5.02 Å². The van der Waals surface area contributed by atoms with Crippen LogP contribution in [0, 0.1) is 12.7 Å². The molecule has 1 fully saturated rings. The zero-order valence-corrected chi connectivity index (χ0v) is 23.0. The third-order valence-electron chi connectivity index (χ3n) is 7.20. The summed E-state index contributed by atoms with van der Waals surface area (Å²) in [6.45, 7) is 3.40. The summed E-state index contributed by atoms with van der Waals surface area (Å²) in [5.41, 5.74) is 2.42. The van der Waals surface area contributed by atoms with Gasteiger partial charge < -0.3 is 9.15 Å². The van der Waals surface area contributed by atoms with E-state index in [1.54, 1.807) is 26.1 Å². The number of benzene rings is 2. The van der Waals surface area contributed by atoms with E-state index in [4.69, 9.17) is 20.8 Å². The maximum Gasteiger partial charge on any atom is 0.434 e. The molecule has 5 rings (SSSR count). The lowest BCUT2D eigenvalue weighted by atomic mass is 9.86. The van der Waals surface area contributed by atoms with Crippen LogP contribution in [0.3, 0.4) is 0 Å². The van der Waals surface area contributed by atoms with Crippen LogP contribution in [-0.4, -0.2) is 35.5 Å². The molecule has 1 aliphatic carbocycles. The first-order chi connectivity index (χ1) is 18.6. The minimum absolute atomic E-state index is 0.0118. The van der Waals surface area contributed by atoms with E-state index >= 15 is 4.39 Å². The van der Waals surface area contributed by atoms with Crippen LogP contribution in [0.15, 0.2) is 56.8 Å². The van der Waals surface area contributed by atoms with E-state index in [2.05, 4.69) is 20.0 Å². The molecular weight excluding hydrogens is 549 g/mol. The van der Waals surface area contributed by atoms with Gasteiger partial charge >= 0.3 is 5.76 Å². The van der Waals surface area contributed by atoms with Crippen LogP contribution in [0.5, 0.6) is 5.75 Å². The van der Waals surface area contributed by atoms with Crippen LogP contribution >= 0.6 is 11.6 Å². The van der Waals surface area contributed by atoms with Gasteiger partial charge in [-0.15, -0.1) is 5.10 Å². The Morgan fingerprint density at radius 2 is 2.05 bits per heavy atom. The smallest absolute Gasteiger partial charge is 0.434 e. The molecule has 2 aromatic carbocycles. The Morgan fingerprint density at radius 1 is 1.28 bits per heavy atom. The number of nitrogens with zero attached hydrogens (tertiary/aromatic N) is 3. The predicted octanol–water partition coefficient (Wildman–Crippen LogP) is 4.88. The molecule has 206 valence electrons. The molecule has 2 unspecified atom stereocenters. The number of methoxy groups -OCH3 is 1. The molecule has 0 saturated heterocycles. The molecule has 1 aliphatic rings. The van der Waals surface area contributed by atoms with Crippen molar-refractivity contribution in [3.63, 3.8) is 0 Å². The van der Waals surface area contributed by atoms with Crippen molar-refractivity contribution in [1.29, 1.82) is 0 Å². The Bertz CT molecular complexity index is 1680. The van der Waals surface area contributed by atoms with Gasteiger partial charge in [0.1, 0.15) is 22.5 Å². The summed E-state index contributed by atoms with van der Waals surface area (Å²) in [5.74, 6) is -2.50. The van der Waals surface area contributed by atoms with Crippen LogP contribution in [-0.2, 0) is 10.0 Å². The second-order valence-electron chi connectivity index (χ2n) is 9.56. The van der Waals surface area contributed by atoms with E-state index in [-0.39, 0.29) is 27.1 Å². The summed E-state index contributed by atoms with van der Waals surface area (Å²) in [5, 5.41) is 10.8. The third kappa shape index (κ3) is 5.23. The van der Waals surface area contributed by atoms with E-state index in [1.165, 1.54) is 37.8 Å². The van der Waals surface area contributed by atoms with E-state index in [0.717, 1.165) is 24.0 Å². The topological polar surface area (TPSA) is 132 Å². The van der Waals surface area contributed by atoms with Crippen LogP contribution in [0.1, 0.15) is 61.2 Å².